The third-order valence-electron chi connectivity index (χ3n) is 5.36. The van der Waals surface area contributed by atoms with E-state index in [4.69, 9.17) is 4.74 Å². The summed E-state index contributed by atoms with van der Waals surface area (Å²) in [5.41, 5.74) is 6.78. The van der Waals surface area contributed by atoms with Crippen molar-refractivity contribution in [2.75, 3.05) is 5.43 Å². The average Bonchev–Trinajstić information content (AvgIpc) is 3.11. The fraction of sp³-hybridized carbons (Fsp3) is 0.154. The summed E-state index contributed by atoms with van der Waals surface area (Å²) in [5, 5.41) is 4.13. The van der Waals surface area contributed by atoms with Crippen LogP contribution in [0.4, 0.5) is 19.0 Å². The molecule has 0 saturated heterocycles. The van der Waals surface area contributed by atoms with Gasteiger partial charge < -0.3 is 9.30 Å². The molecule has 180 valence electrons. The monoisotopic (exact) mass is 542 g/mol. The van der Waals surface area contributed by atoms with E-state index < -0.39 is 11.7 Å². The zero-order chi connectivity index (χ0) is 25.0. The normalized spacial score (nSPS) is 11.7. The Hall–Kier alpha value is -3.59. The number of aryl methyl sites for hydroxylation is 1. The summed E-state index contributed by atoms with van der Waals surface area (Å²) in [4.78, 5) is 3.75. The van der Waals surface area contributed by atoms with E-state index in [0.29, 0.717) is 6.61 Å². The first-order valence-electron chi connectivity index (χ1n) is 10.7. The first kappa shape index (κ1) is 24.5. The van der Waals surface area contributed by atoms with Gasteiger partial charge in [0.2, 0.25) is 0 Å². The van der Waals surface area contributed by atoms with Crippen molar-refractivity contribution < 1.29 is 17.9 Å². The number of anilines is 1. The maximum Gasteiger partial charge on any atom is 0.417 e. The smallest absolute Gasteiger partial charge is 0.417 e. The van der Waals surface area contributed by atoms with Gasteiger partial charge in [0, 0.05) is 33.3 Å². The lowest BCUT2D eigenvalue weighted by atomic mass is 10.2. The van der Waals surface area contributed by atoms with Gasteiger partial charge in [-0.15, -0.1) is 0 Å². The summed E-state index contributed by atoms with van der Waals surface area (Å²) in [5.74, 6) is 0.996. The quantitative estimate of drug-likeness (QED) is 0.197. The van der Waals surface area contributed by atoms with Crippen LogP contribution in [0, 0.1) is 13.8 Å². The van der Waals surface area contributed by atoms with Crippen molar-refractivity contribution in [1.82, 2.24) is 9.55 Å². The molecule has 0 fully saturated rings. The van der Waals surface area contributed by atoms with Crippen LogP contribution in [0.1, 0.15) is 28.1 Å². The Kier molecular flexibility index (Phi) is 7.25. The first-order valence-corrected chi connectivity index (χ1v) is 11.5. The van der Waals surface area contributed by atoms with E-state index in [1.807, 2.05) is 68.4 Å². The van der Waals surface area contributed by atoms with Gasteiger partial charge in [0.15, 0.2) is 0 Å². The molecule has 0 aliphatic rings. The molecule has 0 amide bonds. The number of hydrogen-bond donors (Lipinski definition) is 1. The highest BCUT2D eigenvalue weighted by Gasteiger charge is 2.30. The molecule has 0 atom stereocenters. The molecular formula is C26H22BrF3N4O. The van der Waals surface area contributed by atoms with Gasteiger partial charge in [-0.3, -0.25) is 5.43 Å². The second-order valence-electron chi connectivity index (χ2n) is 7.87. The molecule has 0 unspecified atom stereocenters. The van der Waals surface area contributed by atoms with Gasteiger partial charge in [-0.1, -0.05) is 28.1 Å². The van der Waals surface area contributed by atoms with E-state index in [9.17, 15) is 13.2 Å². The molecule has 2 aromatic carbocycles. The summed E-state index contributed by atoms with van der Waals surface area (Å²) in [7, 11) is 0. The number of halogens is 4. The van der Waals surface area contributed by atoms with E-state index in [1.54, 1.807) is 6.21 Å². The number of hydrogen-bond acceptors (Lipinski definition) is 4. The van der Waals surface area contributed by atoms with Crippen molar-refractivity contribution in [3.05, 3.63) is 105 Å². The number of benzene rings is 2. The zero-order valence-electron chi connectivity index (χ0n) is 19.0. The van der Waals surface area contributed by atoms with Gasteiger partial charge in [0.25, 0.3) is 0 Å². The number of rotatable bonds is 7. The fourth-order valence-electron chi connectivity index (χ4n) is 3.55. The number of hydrazone groups is 1. The van der Waals surface area contributed by atoms with Crippen molar-refractivity contribution in [2.24, 2.45) is 5.10 Å². The minimum Gasteiger partial charge on any atom is -0.489 e. The Morgan fingerprint density at radius 3 is 2.37 bits per heavy atom. The molecule has 4 aromatic rings. The van der Waals surface area contributed by atoms with Crippen LogP contribution < -0.4 is 10.2 Å². The minimum absolute atomic E-state index is 0.224. The van der Waals surface area contributed by atoms with Gasteiger partial charge in [-0.2, -0.15) is 18.3 Å². The molecule has 0 aliphatic heterocycles. The minimum atomic E-state index is -4.42. The van der Waals surface area contributed by atoms with Gasteiger partial charge in [0.1, 0.15) is 18.2 Å². The second kappa shape index (κ2) is 10.4. The highest BCUT2D eigenvalue weighted by Crippen LogP contribution is 2.29. The number of alkyl halides is 3. The Bertz CT molecular complexity index is 1310. The molecule has 0 saturated carbocycles. The molecule has 2 heterocycles. The van der Waals surface area contributed by atoms with E-state index in [1.165, 1.54) is 6.07 Å². The predicted octanol–water partition coefficient (Wildman–Crippen LogP) is 7.30. The molecule has 2 aromatic heterocycles. The second-order valence-corrected chi connectivity index (χ2v) is 8.79. The van der Waals surface area contributed by atoms with Gasteiger partial charge in [0.05, 0.1) is 11.8 Å². The van der Waals surface area contributed by atoms with Crippen LogP contribution in [0.2, 0.25) is 0 Å². The number of nitrogens with zero attached hydrogens (tertiary/aromatic N) is 3. The van der Waals surface area contributed by atoms with Crippen LogP contribution in [0.3, 0.4) is 0 Å². The molecule has 4 rings (SSSR count). The number of pyridine rings is 1. The Labute approximate surface area is 209 Å². The highest BCUT2D eigenvalue weighted by atomic mass is 79.9. The summed E-state index contributed by atoms with van der Waals surface area (Å²) < 4.78 is 47.0. The summed E-state index contributed by atoms with van der Waals surface area (Å²) in [6.07, 6.45) is -2.03. The van der Waals surface area contributed by atoms with Crippen LogP contribution in [-0.2, 0) is 12.8 Å². The first-order chi connectivity index (χ1) is 16.7. The molecule has 1 N–H and O–H groups in total. The van der Waals surface area contributed by atoms with Crippen molar-refractivity contribution in [1.29, 1.82) is 0 Å². The number of aromatic nitrogens is 2. The lowest BCUT2D eigenvalue weighted by molar-refractivity contribution is -0.137. The topological polar surface area (TPSA) is 51.4 Å². The van der Waals surface area contributed by atoms with E-state index in [0.717, 1.165) is 50.7 Å². The van der Waals surface area contributed by atoms with E-state index in [2.05, 4.69) is 36.0 Å². The number of nitrogens with one attached hydrogen (secondary N) is 1. The summed E-state index contributed by atoms with van der Waals surface area (Å²) in [6, 6.07) is 20.0. The largest absolute Gasteiger partial charge is 0.489 e. The zero-order valence-corrected chi connectivity index (χ0v) is 20.6. The molecule has 0 aliphatic carbocycles. The molecule has 35 heavy (non-hydrogen) atoms. The molecule has 0 spiro atoms. The van der Waals surface area contributed by atoms with Crippen molar-refractivity contribution in [2.45, 2.75) is 26.6 Å². The van der Waals surface area contributed by atoms with Crippen molar-refractivity contribution in [3.8, 4) is 11.4 Å². The lowest BCUT2D eigenvalue weighted by Gasteiger charge is -2.11. The standard InChI is InChI=1S/C26H22BrF3N4O/c1-17-13-20(14-32-33-25-12-5-21(15-31-25)26(28,29)30)18(2)34(17)23-8-10-24(11-9-23)35-16-19-3-6-22(27)7-4-19/h3-15H,16H2,1-2H3,(H,31,33)/b32-14-. The Morgan fingerprint density at radius 2 is 1.74 bits per heavy atom. The van der Waals surface area contributed by atoms with Gasteiger partial charge >= 0.3 is 6.18 Å². The molecule has 5 nitrogen and oxygen atoms in total. The van der Waals surface area contributed by atoms with Crippen LogP contribution in [-0.4, -0.2) is 15.8 Å². The fourth-order valence-corrected chi connectivity index (χ4v) is 3.81. The van der Waals surface area contributed by atoms with Crippen molar-refractivity contribution in [3.63, 3.8) is 0 Å². The maximum absolute atomic E-state index is 12.7. The molecule has 0 bridgehead atoms. The van der Waals surface area contributed by atoms with E-state index >= 15 is 0 Å². The molecular weight excluding hydrogens is 521 g/mol. The SMILES string of the molecule is Cc1cc(/C=N\Nc2ccc(C(F)(F)F)cn2)c(C)n1-c1ccc(OCc2ccc(Br)cc2)cc1. The summed E-state index contributed by atoms with van der Waals surface area (Å²) >= 11 is 3.43. The summed E-state index contributed by atoms with van der Waals surface area (Å²) in [6.45, 7) is 4.45. The Balaban J connectivity index is 1.41. The Morgan fingerprint density at radius 1 is 1.03 bits per heavy atom. The molecule has 9 heteroatoms. The van der Waals surface area contributed by atoms with Crippen LogP contribution >= 0.6 is 15.9 Å². The van der Waals surface area contributed by atoms with Gasteiger partial charge in [-0.05, 0) is 74.0 Å². The van der Waals surface area contributed by atoms with Crippen molar-refractivity contribution >= 4 is 28.0 Å². The van der Waals surface area contributed by atoms with E-state index in [-0.39, 0.29) is 5.82 Å². The van der Waals surface area contributed by atoms with Crippen LogP contribution in [0.25, 0.3) is 5.69 Å². The van der Waals surface area contributed by atoms with Crippen LogP contribution in [0.15, 0.2) is 82.5 Å². The lowest BCUT2D eigenvalue weighted by Crippen LogP contribution is -2.05. The average molecular weight is 543 g/mol. The van der Waals surface area contributed by atoms with Gasteiger partial charge in [-0.25, -0.2) is 4.98 Å². The molecule has 0 radical (unpaired) electrons. The third kappa shape index (κ3) is 6.10. The third-order valence-corrected chi connectivity index (χ3v) is 5.89. The number of ether oxygens (including phenoxy) is 1. The maximum atomic E-state index is 12.7. The van der Waals surface area contributed by atoms with Crippen LogP contribution in [0.5, 0.6) is 5.75 Å². The predicted molar refractivity (Wildman–Crippen MR) is 134 cm³/mol. The highest BCUT2D eigenvalue weighted by molar-refractivity contribution is 9.10.